The highest BCUT2D eigenvalue weighted by atomic mass is 16.5. The molecule has 1 aliphatic carbocycles. The second-order valence-corrected chi connectivity index (χ2v) is 10.4. The maximum atomic E-state index is 11.2. The fourth-order valence-electron chi connectivity index (χ4n) is 5.53. The Bertz CT molecular complexity index is 1000. The Morgan fingerprint density at radius 3 is 2.11 bits per heavy atom. The molecule has 0 saturated heterocycles. The zero-order valence-electron chi connectivity index (χ0n) is 22.9. The van der Waals surface area contributed by atoms with Crippen LogP contribution in [0.2, 0.25) is 0 Å². The lowest BCUT2D eigenvalue weighted by Gasteiger charge is -2.26. The largest absolute Gasteiger partial charge is 0.494 e. The first-order valence-corrected chi connectivity index (χ1v) is 14.1. The number of hydrogen-bond donors (Lipinski definition) is 2. The molecule has 7 heteroatoms. The Balaban J connectivity index is 1.20. The molecule has 4 rings (SSSR count). The quantitative estimate of drug-likeness (QED) is 0.351. The number of rotatable bonds is 13. The van der Waals surface area contributed by atoms with Crippen molar-refractivity contribution < 1.29 is 23.8 Å². The first-order valence-electron chi connectivity index (χ1n) is 14.1. The number of benzene rings is 2. The normalized spacial score (nSPS) is 17.9. The van der Waals surface area contributed by atoms with Crippen LogP contribution in [0.4, 0.5) is 0 Å². The molecule has 2 unspecified atom stereocenters. The number of carbonyl (C=O) groups is 2. The molecule has 0 spiro atoms. The standard InChI is InChI=1S/C31H42N2O5/c1-22(34)32-15-12-25-7-5-6-24-8-9-27(20-29(24)25)36-17-3-4-18-37-28-10-11-31-30(21-28)26(14-19-38-31)13-16-33-23(2)35/h8-11,20-21,25-26H,3-7,12-19H2,1-2H3,(H,32,34)(H,33,35). The average molecular weight is 523 g/mol. The number of aryl methyl sites for hydroxylation is 1. The van der Waals surface area contributed by atoms with Crippen LogP contribution >= 0.6 is 0 Å². The van der Waals surface area contributed by atoms with Gasteiger partial charge in [0.05, 0.1) is 19.8 Å². The van der Waals surface area contributed by atoms with Crippen molar-refractivity contribution in [3.05, 3.63) is 53.1 Å². The van der Waals surface area contributed by atoms with Gasteiger partial charge in [-0.15, -0.1) is 0 Å². The van der Waals surface area contributed by atoms with Crippen LogP contribution in [0.15, 0.2) is 36.4 Å². The van der Waals surface area contributed by atoms with Crippen molar-refractivity contribution in [1.82, 2.24) is 10.6 Å². The van der Waals surface area contributed by atoms with E-state index >= 15 is 0 Å². The second-order valence-electron chi connectivity index (χ2n) is 10.4. The summed E-state index contributed by atoms with van der Waals surface area (Å²) in [5, 5.41) is 5.83. The van der Waals surface area contributed by atoms with Crippen molar-refractivity contribution in [3.8, 4) is 17.2 Å². The minimum Gasteiger partial charge on any atom is -0.494 e. The Kier molecular flexibility index (Phi) is 10.3. The van der Waals surface area contributed by atoms with Gasteiger partial charge in [0.25, 0.3) is 0 Å². The summed E-state index contributed by atoms with van der Waals surface area (Å²) in [5.41, 5.74) is 3.97. The smallest absolute Gasteiger partial charge is 0.216 e. The molecule has 2 aromatic carbocycles. The van der Waals surface area contributed by atoms with Gasteiger partial charge in [-0.3, -0.25) is 9.59 Å². The van der Waals surface area contributed by atoms with Gasteiger partial charge in [0, 0.05) is 32.5 Å². The van der Waals surface area contributed by atoms with Gasteiger partial charge in [-0.05, 0) is 105 Å². The predicted molar refractivity (Wildman–Crippen MR) is 148 cm³/mol. The van der Waals surface area contributed by atoms with Crippen molar-refractivity contribution in [1.29, 1.82) is 0 Å². The summed E-state index contributed by atoms with van der Waals surface area (Å²) in [6, 6.07) is 12.6. The molecule has 0 bridgehead atoms. The van der Waals surface area contributed by atoms with E-state index in [0.717, 1.165) is 68.7 Å². The van der Waals surface area contributed by atoms with Crippen LogP contribution < -0.4 is 24.8 Å². The van der Waals surface area contributed by atoms with E-state index in [1.807, 2.05) is 12.1 Å². The maximum Gasteiger partial charge on any atom is 0.216 e. The van der Waals surface area contributed by atoms with Gasteiger partial charge in [0.15, 0.2) is 0 Å². The highest BCUT2D eigenvalue weighted by Crippen LogP contribution is 2.38. The molecule has 2 aromatic rings. The first kappa shape index (κ1) is 27.8. The van der Waals surface area contributed by atoms with E-state index in [2.05, 4.69) is 34.9 Å². The van der Waals surface area contributed by atoms with Gasteiger partial charge in [-0.25, -0.2) is 0 Å². The summed E-state index contributed by atoms with van der Waals surface area (Å²) >= 11 is 0. The van der Waals surface area contributed by atoms with E-state index in [0.29, 0.717) is 38.2 Å². The second kappa shape index (κ2) is 14.1. The summed E-state index contributed by atoms with van der Waals surface area (Å²) in [6.07, 6.45) is 8.12. The maximum absolute atomic E-state index is 11.2. The number of unbranched alkanes of at least 4 members (excludes halogenated alkanes) is 1. The number of carbonyl (C=O) groups excluding carboxylic acids is 2. The van der Waals surface area contributed by atoms with Crippen molar-refractivity contribution >= 4 is 11.8 Å². The lowest BCUT2D eigenvalue weighted by Crippen LogP contribution is -2.24. The van der Waals surface area contributed by atoms with Crippen LogP contribution in [0.25, 0.3) is 0 Å². The molecule has 2 aliphatic rings. The number of hydrogen-bond acceptors (Lipinski definition) is 5. The lowest BCUT2D eigenvalue weighted by atomic mass is 9.81. The first-order chi connectivity index (χ1) is 18.5. The molecule has 0 aromatic heterocycles. The number of ether oxygens (including phenoxy) is 3. The Morgan fingerprint density at radius 1 is 0.842 bits per heavy atom. The van der Waals surface area contributed by atoms with Crippen LogP contribution in [-0.4, -0.2) is 44.7 Å². The predicted octanol–water partition coefficient (Wildman–Crippen LogP) is 5.26. The van der Waals surface area contributed by atoms with E-state index in [4.69, 9.17) is 14.2 Å². The van der Waals surface area contributed by atoms with Crippen LogP contribution in [0.5, 0.6) is 17.2 Å². The third kappa shape index (κ3) is 8.14. The van der Waals surface area contributed by atoms with Gasteiger partial charge >= 0.3 is 0 Å². The van der Waals surface area contributed by atoms with E-state index in [1.165, 1.54) is 23.1 Å². The molecule has 2 atom stereocenters. The van der Waals surface area contributed by atoms with Gasteiger partial charge in [-0.2, -0.15) is 0 Å². The SMILES string of the molecule is CC(=O)NCCC1CCCc2ccc(OCCCCOc3ccc4c(c3)C(CCNC(C)=O)CCO4)cc21. The highest BCUT2D eigenvalue weighted by molar-refractivity contribution is 5.73. The fraction of sp³-hybridized carbons (Fsp3) is 0.548. The molecule has 1 heterocycles. The molecule has 0 saturated carbocycles. The number of fused-ring (bicyclic) bond motifs is 2. The molecule has 2 N–H and O–H groups in total. The third-order valence-electron chi connectivity index (χ3n) is 7.51. The van der Waals surface area contributed by atoms with Gasteiger partial charge in [0.2, 0.25) is 11.8 Å². The lowest BCUT2D eigenvalue weighted by molar-refractivity contribution is -0.119. The van der Waals surface area contributed by atoms with E-state index in [1.54, 1.807) is 13.8 Å². The van der Waals surface area contributed by atoms with Crippen molar-refractivity contribution in [3.63, 3.8) is 0 Å². The Hall–Kier alpha value is -3.22. The zero-order chi connectivity index (χ0) is 26.7. The number of nitrogens with one attached hydrogen (secondary N) is 2. The molecule has 0 fully saturated rings. The summed E-state index contributed by atoms with van der Waals surface area (Å²) in [4.78, 5) is 22.4. The molecule has 2 amide bonds. The fourth-order valence-corrected chi connectivity index (χ4v) is 5.53. The third-order valence-corrected chi connectivity index (χ3v) is 7.51. The van der Waals surface area contributed by atoms with Crippen LogP contribution in [0, 0.1) is 0 Å². The van der Waals surface area contributed by atoms with E-state index < -0.39 is 0 Å². The molecular formula is C31H42N2O5. The summed E-state index contributed by atoms with van der Waals surface area (Å²) < 4.78 is 18.0. The zero-order valence-corrected chi connectivity index (χ0v) is 22.9. The van der Waals surface area contributed by atoms with Gasteiger partial charge < -0.3 is 24.8 Å². The van der Waals surface area contributed by atoms with Crippen molar-refractivity contribution in [2.45, 2.75) is 77.0 Å². The number of amides is 2. The monoisotopic (exact) mass is 522 g/mol. The summed E-state index contributed by atoms with van der Waals surface area (Å²) in [6.45, 7) is 6.51. The molecular weight excluding hydrogens is 480 g/mol. The van der Waals surface area contributed by atoms with Crippen LogP contribution in [0.1, 0.15) is 87.3 Å². The minimum atomic E-state index is 0.00728. The summed E-state index contributed by atoms with van der Waals surface area (Å²) in [7, 11) is 0. The Morgan fingerprint density at radius 2 is 1.45 bits per heavy atom. The van der Waals surface area contributed by atoms with E-state index in [9.17, 15) is 9.59 Å². The molecule has 1 aliphatic heterocycles. The van der Waals surface area contributed by atoms with E-state index in [-0.39, 0.29) is 11.8 Å². The molecule has 7 nitrogen and oxygen atoms in total. The topological polar surface area (TPSA) is 85.9 Å². The Labute approximate surface area is 226 Å². The summed E-state index contributed by atoms with van der Waals surface area (Å²) in [5.74, 6) is 3.60. The van der Waals surface area contributed by atoms with Crippen molar-refractivity contribution in [2.75, 3.05) is 32.9 Å². The van der Waals surface area contributed by atoms with Gasteiger partial charge in [0.1, 0.15) is 17.2 Å². The van der Waals surface area contributed by atoms with Crippen LogP contribution in [-0.2, 0) is 16.0 Å². The van der Waals surface area contributed by atoms with Crippen molar-refractivity contribution in [2.24, 2.45) is 0 Å². The molecule has 206 valence electrons. The van der Waals surface area contributed by atoms with Gasteiger partial charge in [-0.1, -0.05) is 6.07 Å². The highest BCUT2D eigenvalue weighted by Gasteiger charge is 2.22. The average Bonchev–Trinajstić information content (AvgIpc) is 2.90. The molecule has 38 heavy (non-hydrogen) atoms. The van der Waals surface area contributed by atoms with Crippen LogP contribution in [0.3, 0.4) is 0 Å². The molecule has 0 radical (unpaired) electrons. The minimum absolute atomic E-state index is 0.00728.